The summed E-state index contributed by atoms with van der Waals surface area (Å²) in [6.07, 6.45) is 3.11. The Hall–Kier alpha value is -2.58. The molecule has 1 saturated heterocycles. The van der Waals surface area contributed by atoms with Crippen LogP contribution in [-0.4, -0.2) is 49.6 Å². The second-order valence-electron chi connectivity index (χ2n) is 5.65. The lowest BCUT2D eigenvalue weighted by atomic mass is 10.1. The van der Waals surface area contributed by atoms with Crippen LogP contribution in [-0.2, 0) is 20.9 Å². The summed E-state index contributed by atoms with van der Waals surface area (Å²) in [6.45, 7) is 3.20. The van der Waals surface area contributed by atoms with Crippen LogP contribution in [0.3, 0.4) is 0 Å². The molecule has 25 heavy (non-hydrogen) atoms. The van der Waals surface area contributed by atoms with Gasteiger partial charge in [-0.1, -0.05) is 0 Å². The van der Waals surface area contributed by atoms with E-state index in [1.54, 1.807) is 24.5 Å². The molecule has 0 bridgehead atoms. The van der Waals surface area contributed by atoms with E-state index < -0.39 is 11.8 Å². The summed E-state index contributed by atoms with van der Waals surface area (Å²) in [6, 6.07) is 6.98. The molecular weight excluding hydrogens is 326 g/mol. The molecular formula is C17H21N3O5. The van der Waals surface area contributed by atoms with Crippen molar-refractivity contribution in [1.82, 2.24) is 15.5 Å². The summed E-state index contributed by atoms with van der Waals surface area (Å²) < 4.78 is 16.0. The quantitative estimate of drug-likeness (QED) is 0.746. The molecule has 0 spiro atoms. The Morgan fingerprint density at radius 3 is 2.44 bits per heavy atom. The number of amides is 2. The molecule has 1 fully saturated rings. The summed E-state index contributed by atoms with van der Waals surface area (Å²) in [7, 11) is 0. The molecule has 134 valence electrons. The molecule has 0 radical (unpaired) electrons. The zero-order chi connectivity index (χ0) is 17.5. The zero-order valence-corrected chi connectivity index (χ0v) is 13.8. The Morgan fingerprint density at radius 1 is 1.04 bits per heavy atom. The van der Waals surface area contributed by atoms with Crippen molar-refractivity contribution in [3.8, 4) is 0 Å². The lowest BCUT2D eigenvalue weighted by Gasteiger charge is -2.33. The van der Waals surface area contributed by atoms with Crippen LogP contribution in [0.15, 0.2) is 45.6 Å². The fourth-order valence-electron chi connectivity index (χ4n) is 2.71. The number of hydrogen-bond acceptors (Lipinski definition) is 6. The number of carbonyl (C=O) groups excluding carboxylic acids is 2. The van der Waals surface area contributed by atoms with Gasteiger partial charge in [-0.25, -0.2) is 0 Å². The predicted molar refractivity (Wildman–Crippen MR) is 87.4 cm³/mol. The van der Waals surface area contributed by atoms with Gasteiger partial charge in [0, 0.05) is 19.6 Å². The third kappa shape index (κ3) is 4.71. The van der Waals surface area contributed by atoms with Crippen molar-refractivity contribution in [3.63, 3.8) is 0 Å². The molecule has 8 heteroatoms. The van der Waals surface area contributed by atoms with E-state index in [0.29, 0.717) is 19.0 Å². The van der Waals surface area contributed by atoms with Crippen LogP contribution in [0.5, 0.6) is 0 Å². The van der Waals surface area contributed by atoms with Crippen molar-refractivity contribution < 1.29 is 23.2 Å². The van der Waals surface area contributed by atoms with Crippen LogP contribution in [0.4, 0.5) is 0 Å². The molecule has 3 rings (SSSR count). The smallest absolute Gasteiger partial charge is 0.309 e. The highest BCUT2D eigenvalue weighted by Crippen LogP contribution is 2.21. The summed E-state index contributed by atoms with van der Waals surface area (Å²) in [5, 5.41) is 5.20. The minimum atomic E-state index is -0.698. The van der Waals surface area contributed by atoms with Gasteiger partial charge >= 0.3 is 11.8 Å². The first-order valence-corrected chi connectivity index (χ1v) is 8.17. The zero-order valence-electron chi connectivity index (χ0n) is 13.8. The van der Waals surface area contributed by atoms with Crippen molar-refractivity contribution >= 4 is 11.8 Å². The van der Waals surface area contributed by atoms with Gasteiger partial charge in [-0.15, -0.1) is 0 Å². The fourth-order valence-corrected chi connectivity index (χ4v) is 2.71. The minimum Gasteiger partial charge on any atom is -0.468 e. The summed E-state index contributed by atoms with van der Waals surface area (Å²) in [5.74, 6) is -0.0472. The Balaban J connectivity index is 1.52. The lowest BCUT2D eigenvalue weighted by molar-refractivity contribution is -0.139. The topological polar surface area (TPSA) is 97.0 Å². The maximum absolute atomic E-state index is 12.0. The van der Waals surface area contributed by atoms with Crippen LogP contribution in [0, 0.1) is 0 Å². The average Bonchev–Trinajstić information content (AvgIpc) is 3.34. The van der Waals surface area contributed by atoms with E-state index in [-0.39, 0.29) is 19.1 Å². The number of morpholine rings is 1. The van der Waals surface area contributed by atoms with E-state index in [1.165, 1.54) is 6.26 Å². The minimum absolute atomic E-state index is 0.138. The van der Waals surface area contributed by atoms with E-state index in [1.807, 2.05) is 6.07 Å². The summed E-state index contributed by atoms with van der Waals surface area (Å²) in [4.78, 5) is 26.1. The van der Waals surface area contributed by atoms with Crippen LogP contribution in [0.1, 0.15) is 17.6 Å². The molecule has 2 aromatic rings. The number of ether oxygens (including phenoxy) is 1. The van der Waals surface area contributed by atoms with Gasteiger partial charge in [-0.2, -0.15) is 0 Å². The molecule has 0 unspecified atom stereocenters. The Morgan fingerprint density at radius 2 is 1.76 bits per heavy atom. The van der Waals surface area contributed by atoms with Gasteiger partial charge in [0.05, 0.1) is 38.3 Å². The fraction of sp³-hybridized carbons (Fsp3) is 0.412. The number of hydrogen-bond donors (Lipinski definition) is 2. The largest absolute Gasteiger partial charge is 0.468 e. The first kappa shape index (κ1) is 17.2. The van der Waals surface area contributed by atoms with Gasteiger partial charge in [-0.3, -0.25) is 14.5 Å². The van der Waals surface area contributed by atoms with Gasteiger partial charge in [0.1, 0.15) is 11.5 Å². The Labute approximate surface area is 145 Å². The van der Waals surface area contributed by atoms with Crippen LogP contribution < -0.4 is 10.6 Å². The third-order valence-corrected chi connectivity index (χ3v) is 4.02. The first-order chi connectivity index (χ1) is 12.2. The second kappa shape index (κ2) is 8.50. The number of furan rings is 2. The number of rotatable bonds is 6. The highest BCUT2D eigenvalue weighted by molar-refractivity contribution is 6.35. The SMILES string of the molecule is O=C(NCc1ccco1)C(=O)NC[C@@H](c1ccco1)N1CCOCC1. The molecule has 0 saturated carbocycles. The Bertz CT molecular complexity index is 663. The predicted octanol–water partition coefficient (Wildman–Crippen LogP) is 0.678. The molecule has 0 aromatic carbocycles. The maximum atomic E-state index is 12.0. The van der Waals surface area contributed by atoms with Crippen molar-refractivity contribution in [1.29, 1.82) is 0 Å². The number of carbonyl (C=O) groups is 2. The van der Waals surface area contributed by atoms with E-state index in [4.69, 9.17) is 13.6 Å². The molecule has 1 aliphatic rings. The van der Waals surface area contributed by atoms with Crippen LogP contribution >= 0.6 is 0 Å². The number of nitrogens with one attached hydrogen (secondary N) is 2. The van der Waals surface area contributed by atoms with E-state index >= 15 is 0 Å². The van der Waals surface area contributed by atoms with Crippen molar-refractivity contribution in [2.75, 3.05) is 32.8 Å². The average molecular weight is 347 g/mol. The van der Waals surface area contributed by atoms with Gasteiger partial charge in [-0.05, 0) is 24.3 Å². The van der Waals surface area contributed by atoms with Gasteiger partial charge in [0.2, 0.25) is 0 Å². The highest BCUT2D eigenvalue weighted by atomic mass is 16.5. The third-order valence-electron chi connectivity index (χ3n) is 4.02. The van der Waals surface area contributed by atoms with Crippen molar-refractivity contribution in [2.24, 2.45) is 0 Å². The highest BCUT2D eigenvalue weighted by Gasteiger charge is 2.26. The molecule has 2 amide bonds. The number of nitrogens with zero attached hydrogens (tertiary/aromatic N) is 1. The van der Waals surface area contributed by atoms with Crippen molar-refractivity contribution in [2.45, 2.75) is 12.6 Å². The molecule has 8 nitrogen and oxygen atoms in total. The Kier molecular flexibility index (Phi) is 5.86. The van der Waals surface area contributed by atoms with E-state index in [9.17, 15) is 9.59 Å². The van der Waals surface area contributed by atoms with Crippen LogP contribution in [0.2, 0.25) is 0 Å². The maximum Gasteiger partial charge on any atom is 0.309 e. The molecule has 2 N–H and O–H groups in total. The van der Waals surface area contributed by atoms with E-state index in [2.05, 4.69) is 15.5 Å². The van der Waals surface area contributed by atoms with Gasteiger partial charge in [0.15, 0.2) is 0 Å². The van der Waals surface area contributed by atoms with Gasteiger partial charge < -0.3 is 24.2 Å². The summed E-state index contributed by atoms with van der Waals surface area (Å²) >= 11 is 0. The normalized spacial score (nSPS) is 16.3. The summed E-state index contributed by atoms with van der Waals surface area (Å²) in [5.41, 5.74) is 0. The molecule has 1 aliphatic heterocycles. The van der Waals surface area contributed by atoms with E-state index in [0.717, 1.165) is 18.8 Å². The monoisotopic (exact) mass is 347 g/mol. The van der Waals surface area contributed by atoms with Crippen molar-refractivity contribution in [3.05, 3.63) is 48.3 Å². The molecule has 0 aliphatic carbocycles. The standard InChI is InChI=1S/C17H21N3O5/c21-16(18-11-13-3-1-7-24-13)17(22)19-12-14(15-4-2-8-25-15)20-5-9-23-10-6-20/h1-4,7-8,14H,5-6,9-12H2,(H,18,21)(H,19,22)/t14-/m0/s1. The molecule has 1 atom stereocenters. The first-order valence-electron chi connectivity index (χ1n) is 8.17. The molecule has 2 aromatic heterocycles. The second-order valence-corrected chi connectivity index (χ2v) is 5.65. The van der Waals surface area contributed by atoms with Gasteiger partial charge in [0.25, 0.3) is 0 Å². The molecule has 3 heterocycles. The van der Waals surface area contributed by atoms with Crippen LogP contribution in [0.25, 0.3) is 0 Å². The lowest BCUT2D eigenvalue weighted by Crippen LogP contribution is -2.46.